The Bertz CT molecular complexity index is 478. The summed E-state index contributed by atoms with van der Waals surface area (Å²) in [6.45, 7) is 12.8. The minimum atomic E-state index is 0. The highest BCUT2D eigenvalue weighted by Crippen LogP contribution is 2.11. The fourth-order valence-corrected chi connectivity index (χ4v) is 2.50. The summed E-state index contributed by atoms with van der Waals surface area (Å²) < 4.78 is 5.35. The molecule has 25 heavy (non-hydrogen) atoms. The minimum absolute atomic E-state index is 0. The van der Waals surface area contributed by atoms with Crippen molar-refractivity contribution in [2.24, 2.45) is 4.99 Å². The van der Waals surface area contributed by atoms with Crippen molar-refractivity contribution in [2.75, 3.05) is 39.9 Å². The zero-order chi connectivity index (χ0) is 17.6. The number of nitrogens with one attached hydrogen (secondary N) is 2. The van der Waals surface area contributed by atoms with E-state index in [2.05, 4.69) is 58.6 Å². The molecular weight excluding hydrogens is 427 g/mol. The smallest absolute Gasteiger partial charge is 0.191 e. The first-order valence-corrected chi connectivity index (χ1v) is 9.06. The van der Waals surface area contributed by atoms with Gasteiger partial charge in [-0.1, -0.05) is 38.1 Å². The van der Waals surface area contributed by atoms with Gasteiger partial charge in [0.25, 0.3) is 0 Å². The van der Waals surface area contributed by atoms with Crippen molar-refractivity contribution in [3.63, 3.8) is 0 Å². The van der Waals surface area contributed by atoms with Crippen molar-refractivity contribution < 1.29 is 4.74 Å². The standard InChI is InChI=1S/C19H34N4O.HI/c1-5-23(6-2)16-18-12-9-8-11-17(18)15-22-19(20-4)21-13-10-14-24-7-3;/h8-9,11-12H,5-7,10,13-16H2,1-4H3,(H2,20,21,22);1H. The van der Waals surface area contributed by atoms with E-state index < -0.39 is 0 Å². The van der Waals surface area contributed by atoms with Crippen molar-refractivity contribution in [1.29, 1.82) is 0 Å². The summed E-state index contributed by atoms with van der Waals surface area (Å²) >= 11 is 0. The van der Waals surface area contributed by atoms with Gasteiger partial charge in [-0.15, -0.1) is 24.0 Å². The lowest BCUT2D eigenvalue weighted by Crippen LogP contribution is -2.37. The van der Waals surface area contributed by atoms with Crippen molar-refractivity contribution in [3.05, 3.63) is 35.4 Å². The van der Waals surface area contributed by atoms with E-state index in [9.17, 15) is 0 Å². The number of ether oxygens (including phenoxy) is 1. The Morgan fingerprint density at radius 1 is 1.08 bits per heavy atom. The highest BCUT2D eigenvalue weighted by atomic mass is 127. The van der Waals surface area contributed by atoms with E-state index in [-0.39, 0.29) is 24.0 Å². The molecule has 0 fully saturated rings. The molecule has 0 radical (unpaired) electrons. The lowest BCUT2D eigenvalue weighted by Gasteiger charge is -2.20. The van der Waals surface area contributed by atoms with Gasteiger partial charge in [-0.25, -0.2) is 0 Å². The van der Waals surface area contributed by atoms with E-state index in [1.165, 1.54) is 11.1 Å². The van der Waals surface area contributed by atoms with Crippen LogP contribution in [0.5, 0.6) is 0 Å². The maximum absolute atomic E-state index is 5.35. The van der Waals surface area contributed by atoms with Crippen LogP contribution in [0.1, 0.15) is 38.3 Å². The monoisotopic (exact) mass is 462 g/mol. The average Bonchev–Trinajstić information content (AvgIpc) is 2.62. The summed E-state index contributed by atoms with van der Waals surface area (Å²) in [4.78, 5) is 6.72. The molecule has 0 aromatic heterocycles. The first-order chi connectivity index (χ1) is 11.7. The second-order valence-electron chi connectivity index (χ2n) is 5.63. The van der Waals surface area contributed by atoms with E-state index in [1.54, 1.807) is 7.05 Å². The SMILES string of the molecule is CCOCCCNC(=NC)NCc1ccccc1CN(CC)CC.I. The molecular formula is C19H35IN4O. The van der Waals surface area contributed by atoms with E-state index >= 15 is 0 Å². The summed E-state index contributed by atoms with van der Waals surface area (Å²) in [5, 5.41) is 6.74. The molecule has 0 amide bonds. The molecule has 0 bridgehead atoms. The highest BCUT2D eigenvalue weighted by Gasteiger charge is 2.06. The fraction of sp³-hybridized carbons (Fsp3) is 0.632. The van der Waals surface area contributed by atoms with Gasteiger partial charge < -0.3 is 15.4 Å². The fourth-order valence-electron chi connectivity index (χ4n) is 2.50. The van der Waals surface area contributed by atoms with Gasteiger partial charge in [-0.2, -0.15) is 0 Å². The van der Waals surface area contributed by atoms with Crippen molar-refractivity contribution in [3.8, 4) is 0 Å². The van der Waals surface area contributed by atoms with Crippen LogP contribution in [0, 0.1) is 0 Å². The molecule has 0 aliphatic rings. The third-order valence-electron chi connectivity index (χ3n) is 4.04. The normalized spacial score (nSPS) is 11.3. The summed E-state index contributed by atoms with van der Waals surface area (Å²) in [7, 11) is 1.81. The van der Waals surface area contributed by atoms with Crippen LogP contribution >= 0.6 is 24.0 Å². The van der Waals surface area contributed by atoms with E-state index in [0.717, 1.165) is 58.3 Å². The second kappa shape index (κ2) is 15.4. The number of guanidine groups is 1. The third-order valence-corrected chi connectivity index (χ3v) is 4.04. The molecule has 1 aromatic carbocycles. The van der Waals surface area contributed by atoms with Crippen molar-refractivity contribution in [1.82, 2.24) is 15.5 Å². The van der Waals surface area contributed by atoms with E-state index in [1.807, 2.05) is 6.92 Å². The van der Waals surface area contributed by atoms with Crippen molar-refractivity contribution in [2.45, 2.75) is 40.3 Å². The van der Waals surface area contributed by atoms with Crippen LogP contribution in [0.2, 0.25) is 0 Å². The van der Waals surface area contributed by atoms with Crippen LogP contribution in [0.25, 0.3) is 0 Å². The molecule has 1 aromatic rings. The third kappa shape index (κ3) is 10.0. The van der Waals surface area contributed by atoms with Crippen LogP contribution in [0.15, 0.2) is 29.3 Å². The minimum Gasteiger partial charge on any atom is -0.382 e. The number of hydrogen-bond acceptors (Lipinski definition) is 3. The number of nitrogens with zero attached hydrogens (tertiary/aromatic N) is 2. The summed E-state index contributed by atoms with van der Waals surface area (Å²) in [5.41, 5.74) is 2.70. The maximum atomic E-state index is 5.35. The van der Waals surface area contributed by atoms with Gasteiger partial charge in [0.1, 0.15) is 0 Å². The Morgan fingerprint density at radius 2 is 1.76 bits per heavy atom. The molecule has 0 saturated carbocycles. The molecule has 0 spiro atoms. The molecule has 144 valence electrons. The quantitative estimate of drug-likeness (QED) is 0.230. The first kappa shape index (κ1) is 24.1. The highest BCUT2D eigenvalue weighted by molar-refractivity contribution is 14.0. The van der Waals surface area contributed by atoms with Gasteiger partial charge >= 0.3 is 0 Å². The average molecular weight is 462 g/mol. The molecule has 0 unspecified atom stereocenters. The zero-order valence-electron chi connectivity index (χ0n) is 16.2. The van der Waals surface area contributed by atoms with E-state index in [0.29, 0.717) is 0 Å². The number of rotatable bonds is 11. The molecule has 6 heteroatoms. The topological polar surface area (TPSA) is 48.9 Å². The maximum Gasteiger partial charge on any atom is 0.191 e. The zero-order valence-corrected chi connectivity index (χ0v) is 18.5. The Balaban J connectivity index is 0.00000576. The molecule has 0 aliphatic heterocycles. The predicted octanol–water partition coefficient (Wildman–Crippen LogP) is 3.24. The number of halogens is 1. The summed E-state index contributed by atoms with van der Waals surface area (Å²) in [5.74, 6) is 0.837. The van der Waals surface area contributed by atoms with Gasteiger partial charge in [0, 0.05) is 39.9 Å². The Labute approximate surface area is 170 Å². The first-order valence-electron chi connectivity index (χ1n) is 9.06. The van der Waals surface area contributed by atoms with E-state index in [4.69, 9.17) is 4.74 Å². The van der Waals surface area contributed by atoms with Crippen LogP contribution in [-0.4, -0.2) is 50.8 Å². The van der Waals surface area contributed by atoms with Gasteiger partial charge in [-0.3, -0.25) is 9.89 Å². The molecule has 0 atom stereocenters. The molecule has 0 aliphatic carbocycles. The molecule has 0 heterocycles. The predicted molar refractivity (Wildman–Crippen MR) is 118 cm³/mol. The molecule has 0 saturated heterocycles. The largest absolute Gasteiger partial charge is 0.382 e. The van der Waals surface area contributed by atoms with Gasteiger partial charge in [0.2, 0.25) is 0 Å². The Morgan fingerprint density at radius 3 is 2.36 bits per heavy atom. The summed E-state index contributed by atoms with van der Waals surface area (Å²) in [6, 6.07) is 8.62. The van der Waals surface area contributed by atoms with Crippen LogP contribution in [0.3, 0.4) is 0 Å². The van der Waals surface area contributed by atoms with Gasteiger partial charge in [0.05, 0.1) is 0 Å². The Hall–Kier alpha value is -0.860. The van der Waals surface area contributed by atoms with Crippen LogP contribution in [-0.2, 0) is 17.8 Å². The van der Waals surface area contributed by atoms with Crippen LogP contribution in [0.4, 0.5) is 0 Å². The number of aliphatic imine (C=N–C) groups is 1. The molecule has 2 N–H and O–H groups in total. The number of benzene rings is 1. The number of hydrogen-bond donors (Lipinski definition) is 2. The second-order valence-corrected chi connectivity index (χ2v) is 5.63. The van der Waals surface area contributed by atoms with Crippen molar-refractivity contribution >= 4 is 29.9 Å². The van der Waals surface area contributed by atoms with Crippen LogP contribution < -0.4 is 10.6 Å². The lowest BCUT2D eigenvalue weighted by molar-refractivity contribution is 0.145. The molecule has 1 rings (SSSR count). The summed E-state index contributed by atoms with van der Waals surface area (Å²) in [6.07, 6.45) is 0.979. The van der Waals surface area contributed by atoms with Gasteiger partial charge in [0.15, 0.2) is 5.96 Å². The lowest BCUT2D eigenvalue weighted by atomic mass is 10.1. The Kier molecular flexibility index (Phi) is 14.9. The van der Waals surface area contributed by atoms with Gasteiger partial charge in [-0.05, 0) is 37.6 Å². The molecule has 5 nitrogen and oxygen atoms in total.